The molecule has 0 amide bonds. The van der Waals surface area contributed by atoms with Crippen molar-refractivity contribution >= 4 is 38.9 Å². The lowest BCUT2D eigenvalue weighted by Gasteiger charge is -2.23. The molecule has 4 aliphatic carbocycles. The van der Waals surface area contributed by atoms with E-state index in [4.69, 9.17) is 16.3 Å². The molecule has 2 bridgehead atoms. The molecule has 2 saturated carbocycles. The van der Waals surface area contributed by atoms with Crippen LogP contribution in [-0.2, 0) is 11.2 Å². The molecule has 1 N–H and O–H groups in total. The van der Waals surface area contributed by atoms with E-state index in [1.165, 1.54) is 0 Å². The third kappa shape index (κ3) is 3.11. The van der Waals surface area contributed by atoms with Crippen molar-refractivity contribution < 1.29 is 14.6 Å². The van der Waals surface area contributed by atoms with Crippen LogP contribution in [0.5, 0.6) is 5.75 Å². The van der Waals surface area contributed by atoms with E-state index in [0.29, 0.717) is 33.9 Å². The predicted molar refractivity (Wildman–Crippen MR) is 118 cm³/mol. The number of halogens is 2. The summed E-state index contributed by atoms with van der Waals surface area (Å²) in [6.07, 6.45) is 7.59. The number of allylic oxidation sites excluding steroid dienone is 6. The lowest BCUT2D eigenvalue weighted by molar-refractivity contribution is -0.118. The molecule has 0 aliphatic heterocycles. The first-order chi connectivity index (χ1) is 14.0. The summed E-state index contributed by atoms with van der Waals surface area (Å²) in [6.45, 7) is 2.07. The SMILES string of the molecule is CCc1ccc(OC2=C(Cl)C=C(Br)CC2)cc1C1=C(O)[C@@H]2[C@@H]3CC[C@@H](C3)[C@@H]2C1=O. The van der Waals surface area contributed by atoms with Crippen molar-refractivity contribution in [1.29, 1.82) is 0 Å². The quantitative estimate of drug-likeness (QED) is 0.529. The van der Waals surface area contributed by atoms with Crippen LogP contribution in [0.25, 0.3) is 5.57 Å². The monoisotopic (exact) mass is 474 g/mol. The molecule has 0 unspecified atom stereocenters. The molecule has 5 heteroatoms. The van der Waals surface area contributed by atoms with Gasteiger partial charge in [-0.15, -0.1) is 0 Å². The Labute approximate surface area is 184 Å². The van der Waals surface area contributed by atoms with E-state index < -0.39 is 0 Å². The van der Waals surface area contributed by atoms with E-state index in [0.717, 1.165) is 59.9 Å². The number of rotatable bonds is 4. The van der Waals surface area contributed by atoms with E-state index in [9.17, 15) is 9.90 Å². The molecule has 0 aromatic heterocycles. The average Bonchev–Trinajstić information content (AvgIpc) is 3.38. The van der Waals surface area contributed by atoms with Gasteiger partial charge in [-0.1, -0.05) is 40.5 Å². The fourth-order valence-electron chi connectivity index (χ4n) is 5.84. The minimum atomic E-state index is -0.0176. The number of aliphatic hydroxyl groups is 1. The van der Waals surface area contributed by atoms with Crippen molar-refractivity contribution in [3.8, 4) is 5.75 Å². The molecule has 3 nitrogen and oxygen atoms in total. The Bertz CT molecular complexity index is 990. The highest BCUT2D eigenvalue weighted by atomic mass is 79.9. The molecule has 1 aromatic rings. The predicted octanol–water partition coefficient (Wildman–Crippen LogP) is 6.66. The number of Topliss-reactive ketones (excluding diaryl/α,β-unsaturated/α-hetero) is 1. The molecular formula is C24H24BrClO3. The average molecular weight is 476 g/mol. The molecular weight excluding hydrogens is 452 g/mol. The van der Waals surface area contributed by atoms with Crippen LogP contribution in [0.1, 0.15) is 50.2 Å². The van der Waals surface area contributed by atoms with Crippen LogP contribution in [0, 0.1) is 23.7 Å². The van der Waals surface area contributed by atoms with Gasteiger partial charge >= 0.3 is 0 Å². The summed E-state index contributed by atoms with van der Waals surface area (Å²) in [7, 11) is 0. The van der Waals surface area contributed by atoms with Crippen molar-refractivity contribution in [2.24, 2.45) is 23.7 Å². The number of aliphatic hydroxyl groups excluding tert-OH is 1. The first-order valence-electron chi connectivity index (χ1n) is 10.5. The topological polar surface area (TPSA) is 46.5 Å². The Morgan fingerprint density at radius 2 is 1.97 bits per heavy atom. The summed E-state index contributed by atoms with van der Waals surface area (Å²) >= 11 is 9.83. The number of benzene rings is 1. The Balaban J connectivity index is 1.53. The maximum Gasteiger partial charge on any atom is 0.170 e. The van der Waals surface area contributed by atoms with Gasteiger partial charge in [0.1, 0.15) is 17.3 Å². The molecule has 0 radical (unpaired) electrons. The van der Waals surface area contributed by atoms with E-state index >= 15 is 0 Å². The Morgan fingerprint density at radius 1 is 1.21 bits per heavy atom. The zero-order valence-electron chi connectivity index (χ0n) is 16.4. The summed E-state index contributed by atoms with van der Waals surface area (Å²) in [5.41, 5.74) is 2.42. The number of hydrogen-bond acceptors (Lipinski definition) is 3. The zero-order chi connectivity index (χ0) is 20.3. The number of carbonyl (C=O) groups is 1. The lowest BCUT2D eigenvalue weighted by Crippen LogP contribution is -2.24. The van der Waals surface area contributed by atoms with Gasteiger partial charge in [0.15, 0.2) is 5.78 Å². The molecule has 1 aromatic carbocycles. The van der Waals surface area contributed by atoms with Gasteiger partial charge in [0.05, 0.1) is 10.6 Å². The molecule has 5 rings (SSSR count). The second kappa shape index (κ2) is 7.31. The highest BCUT2D eigenvalue weighted by Crippen LogP contribution is 2.60. The van der Waals surface area contributed by atoms with Gasteiger partial charge in [0.2, 0.25) is 0 Å². The third-order valence-electron chi connectivity index (χ3n) is 7.15. The summed E-state index contributed by atoms with van der Waals surface area (Å²) in [5.74, 6) is 2.76. The number of hydrogen-bond donors (Lipinski definition) is 1. The maximum absolute atomic E-state index is 13.3. The fourth-order valence-corrected chi connectivity index (χ4v) is 6.66. The Morgan fingerprint density at radius 3 is 2.66 bits per heavy atom. The highest BCUT2D eigenvalue weighted by Gasteiger charge is 2.57. The van der Waals surface area contributed by atoms with Crippen molar-refractivity contribution in [3.05, 3.63) is 56.4 Å². The second-order valence-corrected chi connectivity index (χ2v) is 10.1. The van der Waals surface area contributed by atoms with Crippen LogP contribution < -0.4 is 4.74 Å². The van der Waals surface area contributed by atoms with E-state index in [1.54, 1.807) is 0 Å². The lowest BCUT2D eigenvalue weighted by atomic mass is 9.80. The van der Waals surface area contributed by atoms with Crippen LogP contribution in [0.3, 0.4) is 0 Å². The first-order valence-corrected chi connectivity index (χ1v) is 11.7. The molecule has 4 aliphatic rings. The maximum atomic E-state index is 13.3. The Hall–Kier alpha value is -1.52. The number of carbonyl (C=O) groups excluding carboxylic acids is 1. The van der Waals surface area contributed by atoms with E-state index in [-0.39, 0.29) is 17.6 Å². The van der Waals surface area contributed by atoms with Gasteiger partial charge in [-0.2, -0.15) is 0 Å². The second-order valence-electron chi connectivity index (χ2n) is 8.65. The van der Waals surface area contributed by atoms with Crippen LogP contribution in [0.15, 0.2) is 45.3 Å². The molecule has 29 heavy (non-hydrogen) atoms. The third-order valence-corrected chi connectivity index (χ3v) is 8.10. The van der Waals surface area contributed by atoms with Gasteiger partial charge < -0.3 is 9.84 Å². The molecule has 4 atom stereocenters. The van der Waals surface area contributed by atoms with Gasteiger partial charge in [-0.3, -0.25) is 4.79 Å². The minimum absolute atomic E-state index is 0.0176. The van der Waals surface area contributed by atoms with Crippen LogP contribution in [0.2, 0.25) is 0 Å². The van der Waals surface area contributed by atoms with Crippen molar-refractivity contribution in [1.82, 2.24) is 0 Å². The van der Waals surface area contributed by atoms with Crippen LogP contribution in [0.4, 0.5) is 0 Å². The number of fused-ring (bicyclic) bond motifs is 5. The van der Waals surface area contributed by atoms with Crippen molar-refractivity contribution in [3.63, 3.8) is 0 Å². The standard InChI is InChI=1S/C24H24BrClO3/c1-2-12-5-7-16(29-19-8-6-15(25)10-18(19)26)11-17(12)22-23(27)20-13-3-4-14(9-13)21(20)24(22)28/h5,7,10-11,13-14,20-21,27H,2-4,6,8-9H2,1H3/t13-,14+,20-,21+/m1/s1. The van der Waals surface area contributed by atoms with E-state index in [1.807, 2.05) is 24.3 Å². The number of aryl methyl sites for hydroxylation is 1. The van der Waals surface area contributed by atoms with Crippen LogP contribution >= 0.6 is 27.5 Å². The number of ether oxygens (including phenoxy) is 1. The van der Waals surface area contributed by atoms with Crippen LogP contribution in [-0.4, -0.2) is 10.9 Å². The molecule has 152 valence electrons. The summed E-state index contributed by atoms with van der Waals surface area (Å²) in [5, 5.41) is 11.7. The van der Waals surface area contributed by atoms with Gasteiger partial charge in [-0.25, -0.2) is 0 Å². The largest absolute Gasteiger partial charge is 0.511 e. The fraction of sp³-hybridized carbons (Fsp3) is 0.458. The summed E-state index contributed by atoms with van der Waals surface area (Å²) in [6, 6.07) is 5.84. The highest BCUT2D eigenvalue weighted by molar-refractivity contribution is 9.11. The first kappa shape index (κ1) is 19.4. The van der Waals surface area contributed by atoms with Crippen molar-refractivity contribution in [2.75, 3.05) is 0 Å². The molecule has 2 fully saturated rings. The molecule has 0 heterocycles. The minimum Gasteiger partial charge on any atom is -0.511 e. The van der Waals surface area contributed by atoms with Crippen molar-refractivity contribution in [2.45, 2.75) is 45.4 Å². The normalized spacial score (nSPS) is 30.9. The molecule has 0 saturated heterocycles. The molecule has 0 spiro atoms. The van der Waals surface area contributed by atoms with Gasteiger partial charge in [-0.05, 0) is 77.8 Å². The Kier molecular flexibility index (Phi) is 4.90. The van der Waals surface area contributed by atoms with Gasteiger partial charge in [0.25, 0.3) is 0 Å². The number of ketones is 1. The van der Waals surface area contributed by atoms with Gasteiger partial charge in [0, 0.05) is 18.3 Å². The van der Waals surface area contributed by atoms with E-state index in [2.05, 4.69) is 22.9 Å². The summed E-state index contributed by atoms with van der Waals surface area (Å²) in [4.78, 5) is 13.3. The zero-order valence-corrected chi connectivity index (χ0v) is 18.7. The smallest absolute Gasteiger partial charge is 0.170 e. The summed E-state index contributed by atoms with van der Waals surface area (Å²) < 4.78 is 7.16.